The molecular formula is C14H26N2O2. The van der Waals surface area contributed by atoms with Crippen molar-refractivity contribution in [3.63, 3.8) is 0 Å². The lowest BCUT2D eigenvalue weighted by molar-refractivity contribution is -0.127. The standard InChI is InChI=1S/C14H26N2O2/c15-8-11-4-3-5-12(11)9-18-10-14(17)16-13-6-1-2-7-13/h11-13H,1-10,15H2,(H,16,17). The number of carbonyl (C=O) groups excluding carboxylic acids is 1. The lowest BCUT2D eigenvalue weighted by atomic mass is 9.97. The molecule has 2 aliphatic rings. The van der Waals surface area contributed by atoms with Gasteiger partial charge in [0.25, 0.3) is 0 Å². The van der Waals surface area contributed by atoms with E-state index < -0.39 is 0 Å². The van der Waals surface area contributed by atoms with E-state index in [9.17, 15) is 4.79 Å². The van der Waals surface area contributed by atoms with Crippen LogP contribution in [0.1, 0.15) is 44.9 Å². The number of hydrogen-bond donors (Lipinski definition) is 2. The lowest BCUT2D eigenvalue weighted by Crippen LogP contribution is -2.36. The minimum Gasteiger partial charge on any atom is -0.371 e. The third-order valence-electron chi connectivity index (χ3n) is 4.40. The first-order valence-electron chi connectivity index (χ1n) is 7.36. The van der Waals surface area contributed by atoms with Crippen molar-refractivity contribution in [2.45, 2.75) is 51.0 Å². The average molecular weight is 254 g/mol. The maximum Gasteiger partial charge on any atom is 0.246 e. The van der Waals surface area contributed by atoms with E-state index in [1.807, 2.05) is 0 Å². The summed E-state index contributed by atoms with van der Waals surface area (Å²) in [7, 11) is 0. The maximum atomic E-state index is 11.7. The molecule has 0 aliphatic heterocycles. The van der Waals surface area contributed by atoms with Crippen molar-refractivity contribution in [1.82, 2.24) is 5.32 Å². The van der Waals surface area contributed by atoms with Crippen LogP contribution >= 0.6 is 0 Å². The highest BCUT2D eigenvalue weighted by Gasteiger charge is 2.26. The highest BCUT2D eigenvalue weighted by molar-refractivity contribution is 5.77. The van der Waals surface area contributed by atoms with E-state index in [2.05, 4.69) is 5.32 Å². The Hall–Kier alpha value is -0.610. The monoisotopic (exact) mass is 254 g/mol. The molecule has 0 heterocycles. The van der Waals surface area contributed by atoms with Crippen molar-refractivity contribution in [3.05, 3.63) is 0 Å². The molecule has 0 aromatic rings. The van der Waals surface area contributed by atoms with Gasteiger partial charge in [0.05, 0.1) is 6.61 Å². The number of carbonyl (C=O) groups is 1. The maximum absolute atomic E-state index is 11.7. The summed E-state index contributed by atoms with van der Waals surface area (Å²) in [5.41, 5.74) is 5.73. The fourth-order valence-corrected chi connectivity index (χ4v) is 3.29. The predicted octanol–water partition coefficient (Wildman–Crippen LogP) is 1.44. The molecule has 0 radical (unpaired) electrons. The number of hydrogen-bond acceptors (Lipinski definition) is 3. The highest BCUT2D eigenvalue weighted by Crippen LogP contribution is 2.30. The number of amides is 1. The first-order valence-corrected chi connectivity index (χ1v) is 7.36. The van der Waals surface area contributed by atoms with Gasteiger partial charge >= 0.3 is 0 Å². The van der Waals surface area contributed by atoms with Gasteiger partial charge in [-0.1, -0.05) is 19.3 Å². The summed E-state index contributed by atoms with van der Waals surface area (Å²) in [4.78, 5) is 11.7. The van der Waals surface area contributed by atoms with Gasteiger partial charge in [0.2, 0.25) is 5.91 Å². The van der Waals surface area contributed by atoms with Crippen LogP contribution < -0.4 is 11.1 Å². The van der Waals surface area contributed by atoms with E-state index in [1.54, 1.807) is 0 Å². The van der Waals surface area contributed by atoms with Crippen molar-refractivity contribution >= 4 is 5.91 Å². The van der Waals surface area contributed by atoms with Crippen LogP contribution in [0.5, 0.6) is 0 Å². The van der Waals surface area contributed by atoms with Gasteiger partial charge in [-0.3, -0.25) is 4.79 Å². The van der Waals surface area contributed by atoms with Crippen LogP contribution in [-0.4, -0.2) is 31.7 Å². The van der Waals surface area contributed by atoms with Crippen molar-refractivity contribution in [2.24, 2.45) is 17.6 Å². The van der Waals surface area contributed by atoms with Crippen LogP contribution in [0.3, 0.4) is 0 Å². The molecule has 0 aromatic carbocycles. The van der Waals surface area contributed by atoms with Crippen LogP contribution in [-0.2, 0) is 9.53 Å². The van der Waals surface area contributed by atoms with E-state index in [1.165, 1.54) is 32.1 Å². The van der Waals surface area contributed by atoms with Crippen molar-refractivity contribution in [2.75, 3.05) is 19.8 Å². The topological polar surface area (TPSA) is 64.3 Å². The molecule has 2 rings (SSSR count). The first kappa shape index (κ1) is 13.8. The van der Waals surface area contributed by atoms with Crippen LogP contribution in [0.25, 0.3) is 0 Å². The third kappa shape index (κ3) is 3.95. The molecule has 0 aromatic heterocycles. The summed E-state index contributed by atoms with van der Waals surface area (Å²) in [5.74, 6) is 1.21. The average Bonchev–Trinajstić information content (AvgIpc) is 3.00. The molecule has 2 aliphatic carbocycles. The fourth-order valence-electron chi connectivity index (χ4n) is 3.29. The first-order chi connectivity index (χ1) is 8.79. The van der Waals surface area contributed by atoms with Gasteiger partial charge in [-0.15, -0.1) is 0 Å². The molecule has 4 nitrogen and oxygen atoms in total. The zero-order valence-corrected chi connectivity index (χ0v) is 11.2. The molecule has 3 N–H and O–H groups in total. The van der Waals surface area contributed by atoms with Crippen LogP contribution in [0.4, 0.5) is 0 Å². The van der Waals surface area contributed by atoms with Crippen molar-refractivity contribution in [3.8, 4) is 0 Å². The Balaban J connectivity index is 1.58. The van der Waals surface area contributed by atoms with Gasteiger partial charge < -0.3 is 15.8 Å². The smallest absolute Gasteiger partial charge is 0.246 e. The number of rotatable bonds is 6. The van der Waals surface area contributed by atoms with E-state index in [4.69, 9.17) is 10.5 Å². The van der Waals surface area contributed by atoms with Gasteiger partial charge in [0.1, 0.15) is 6.61 Å². The summed E-state index contributed by atoms with van der Waals surface area (Å²) in [6.45, 7) is 1.66. The fraction of sp³-hybridized carbons (Fsp3) is 0.929. The van der Waals surface area contributed by atoms with Crippen LogP contribution in [0.2, 0.25) is 0 Å². The molecule has 0 spiro atoms. The summed E-state index contributed by atoms with van der Waals surface area (Å²) in [6, 6.07) is 0.393. The van der Waals surface area contributed by atoms with Gasteiger partial charge in [-0.2, -0.15) is 0 Å². The van der Waals surface area contributed by atoms with Crippen LogP contribution in [0, 0.1) is 11.8 Å². The Morgan fingerprint density at radius 2 is 1.83 bits per heavy atom. The minimum absolute atomic E-state index is 0.0456. The molecule has 2 saturated carbocycles. The largest absolute Gasteiger partial charge is 0.371 e. The zero-order valence-electron chi connectivity index (χ0n) is 11.2. The Bertz CT molecular complexity index is 265. The summed E-state index contributed by atoms with van der Waals surface area (Å²) >= 11 is 0. The Labute approximate surface area is 110 Å². The second kappa shape index (κ2) is 7.10. The lowest BCUT2D eigenvalue weighted by Gasteiger charge is -2.18. The van der Waals surface area contributed by atoms with Crippen molar-refractivity contribution < 1.29 is 9.53 Å². The minimum atomic E-state index is 0.0456. The molecule has 2 fully saturated rings. The normalized spacial score (nSPS) is 28.7. The third-order valence-corrected chi connectivity index (χ3v) is 4.40. The number of ether oxygens (including phenoxy) is 1. The predicted molar refractivity (Wildman–Crippen MR) is 71.1 cm³/mol. The molecule has 0 bridgehead atoms. The van der Waals surface area contributed by atoms with Gasteiger partial charge in [0.15, 0.2) is 0 Å². The second-order valence-electron chi connectivity index (χ2n) is 5.75. The molecule has 1 amide bonds. The van der Waals surface area contributed by atoms with E-state index in [-0.39, 0.29) is 12.5 Å². The molecule has 2 atom stereocenters. The van der Waals surface area contributed by atoms with E-state index in [0.29, 0.717) is 24.5 Å². The van der Waals surface area contributed by atoms with E-state index >= 15 is 0 Å². The molecule has 104 valence electrons. The Morgan fingerprint density at radius 1 is 1.11 bits per heavy atom. The second-order valence-corrected chi connectivity index (χ2v) is 5.75. The Kier molecular flexibility index (Phi) is 5.45. The molecule has 4 heteroatoms. The molecule has 2 unspecified atom stereocenters. The number of nitrogens with two attached hydrogens (primary N) is 1. The highest BCUT2D eigenvalue weighted by atomic mass is 16.5. The number of nitrogens with one attached hydrogen (secondary N) is 1. The van der Waals surface area contributed by atoms with Crippen molar-refractivity contribution in [1.29, 1.82) is 0 Å². The Morgan fingerprint density at radius 3 is 2.56 bits per heavy atom. The molecular weight excluding hydrogens is 228 g/mol. The zero-order chi connectivity index (χ0) is 12.8. The van der Waals surface area contributed by atoms with Crippen LogP contribution in [0.15, 0.2) is 0 Å². The van der Waals surface area contributed by atoms with E-state index in [0.717, 1.165) is 19.4 Å². The summed E-state index contributed by atoms with van der Waals surface area (Å²) in [6.07, 6.45) is 8.42. The van der Waals surface area contributed by atoms with Gasteiger partial charge in [-0.05, 0) is 44.1 Å². The van der Waals surface area contributed by atoms with Gasteiger partial charge in [-0.25, -0.2) is 0 Å². The molecule has 18 heavy (non-hydrogen) atoms. The van der Waals surface area contributed by atoms with Gasteiger partial charge in [0, 0.05) is 6.04 Å². The summed E-state index contributed by atoms with van der Waals surface area (Å²) < 4.78 is 5.55. The molecule has 0 saturated heterocycles. The SMILES string of the molecule is NCC1CCCC1COCC(=O)NC1CCCC1. The quantitative estimate of drug-likeness (QED) is 0.754. The summed E-state index contributed by atoms with van der Waals surface area (Å²) in [5, 5.41) is 3.04.